The van der Waals surface area contributed by atoms with Gasteiger partial charge in [-0.3, -0.25) is 9.69 Å². The molecule has 8 heteroatoms. The molecule has 184 valence electrons. The molecule has 0 bridgehead atoms. The minimum Gasteiger partial charge on any atom is -0.482 e. The first-order valence-electron chi connectivity index (χ1n) is 12.1. The van der Waals surface area contributed by atoms with Gasteiger partial charge in [0.2, 0.25) is 0 Å². The fourth-order valence-electron chi connectivity index (χ4n) is 4.91. The molecule has 1 saturated heterocycles. The molecule has 0 atom stereocenters. The van der Waals surface area contributed by atoms with E-state index in [0.717, 1.165) is 62.9 Å². The van der Waals surface area contributed by atoms with Crippen molar-refractivity contribution in [2.45, 2.75) is 26.4 Å². The van der Waals surface area contributed by atoms with Crippen LogP contribution in [-0.4, -0.2) is 67.3 Å². The van der Waals surface area contributed by atoms with Crippen LogP contribution in [0.1, 0.15) is 31.9 Å². The highest BCUT2D eigenvalue weighted by molar-refractivity contribution is 6.32. The van der Waals surface area contributed by atoms with Crippen LogP contribution in [-0.2, 0) is 14.3 Å². The Bertz CT molecular complexity index is 1200. The summed E-state index contributed by atoms with van der Waals surface area (Å²) in [5.74, 6) is 0.753. The summed E-state index contributed by atoms with van der Waals surface area (Å²) < 4.78 is 25.4. The summed E-state index contributed by atoms with van der Waals surface area (Å²) >= 11 is 0. The third-order valence-electron chi connectivity index (χ3n) is 6.77. The third kappa shape index (κ3) is 4.68. The highest BCUT2D eigenvalue weighted by Gasteiger charge is 2.38. The predicted octanol–water partition coefficient (Wildman–Crippen LogP) is 3.93. The number of rotatable bonds is 6. The van der Waals surface area contributed by atoms with Gasteiger partial charge in [0, 0.05) is 56.7 Å². The smallest absolute Gasteiger partial charge is 0.260 e. The van der Waals surface area contributed by atoms with Gasteiger partial charge in [0.15, 0.2) is 0 Å². The number of hydrogen-bond acceptors (Lipinski definition) is 6. The molecule has 7 nitrogen and oxygen atoms in total. The maximum atomic E-state index is 13.7. The summed E-state index contributed by atoms with van der Waals surface area (Å²) in [6.45, 7) is 12.2. The molecule has 1 aromatic heterocycles. The van der Waals surface area contributed by atoms with Gasteiger partial charge in [-0.05, 0) is 62.7 Å². The summed E-state index contributed by atoms with van der Waals surface area (Å²) in [5.41, 5.74) is 2.89. The lowest BCUT2D eigenvalue weighted by Gasteiger charge is -2.35. The van der Waals surface area contributed by atoms with E-state index in [9.17, 15) is 9.18 Å². The first kappa shape index (κ1) is 23.5. The molecule has 0 radical (unpaired) electrons. The SMILES string of the molecule is CCOCCN1CCN(c2cc(C3=C/C(=C4\C(=O)Nc5cc(F)ccc54)OC3(C)C)ccn2)CC1. The van der Waals surface area contributed by atoms with Crippen LogP contribution in [0.5, 0.6) is 0 Å². The number of allylic oxidation sites excluding steroid dienone is 1. The van der Waals surface area contributed by atoms with Crippen LogP contribution in [0.15, 0.2) is 48.4 Å². The summed E-state index contributed by atoms with van der Waals surface area (Å²) in [5, 5.41) is 2.74. The third-order valence-corrected chi connectivity index (χ3v) is 6.77. The van der Waals surface area contributed by atoms with Gasteiger partial charge in [-0.2, -0.15) is 0 Å². The summed E-state index contributed by atoms with van der Waals surface area (Å²) in [6.07, 6.45) is 3.76. The van der Waals surface area contributed by atoms with Crippen molar-refractivity contribution < 1.29 is 18.7 Å². The quantitative estimate of drug-likeness (QED) is 0.501. The number of fused-ring (bicyclic) bond motifs is 1. The second-order valence-electron chi connectivity index (χ2n) is 9.48. The molecular formula is C27H31FN4O3. The van der Waals surface area contributed by atoms with Gasteiger partial charge >= 0.3 is 0 Å². The van der Waals surface area contributed by atoms with E-state index in [4.69, 9.17) is 9.47 Å². The molecule has 0 spiro atoms. The van der Waals surface area contributed by atoms with E-state index in [0.29, 0.717) is 22.6 Å². The van der Waals surface area contributed by atoms with E-state index in [1.807, 2.05) is 39.1 Å². The van der Waals surface area contributed by atoms with Crippen LogP contribution in [0.2, 0.25) is 0 Å². The zero-order chi connectivity index (χ0) is 24.6. The average Bonchev–Trinajstić information content (AvgIpc) is 3.33. The monoisotopic (exact) mass is 478 g/mol. The number of hydrogen-bond donors (Lipinski definition) is 1. The van der Waals surface area contributed by atoms with Crippen molar-refractivity contribution in [3.8, 4) is 0 Å². The van der Waals surface area contributed by atoms with Gasteiger partial charge in [0.05, 0.1) is 17.9 Å². The average molecular weight is 479 g/mol. The number of piperazine rings is 1. The largest absolute Gasteiger partial charge is 0.482 e. The lowest BCUT2D eigenvalue weighted by atomic mass is 9.92. The second kappa shape index (κ2) is 9.43. The van der Waals surface area contributed by atoms with Crippen LogP contribution in [0.25, 0.3) is 11.1 Å². The summed E-state index contributed by atoms with van der Waals surface area (Å²) in [4.78, 5) is 22.1. The number of aromatic nitrogens is 1. The maximum Gasteiger partial charge on any atom is 0.260 e. The Labute approximate surface area is 205 Å². The van der Waals surface area contributed by atoms with Gasteiger partial charge in [-0.1, -0.05) is 0 Å². The molecule has 0 aliphatic carbocycles. The molecule has 1 amide bonds. The van der Waals surface area contributed by atoms with E-state index < -0.39 is 11.4 Å². The fourth-order valence-corrected chi connectivity index (χ4v) is 4.91. The molecule has 4 heterocycles. The molecule has 1 aromatic carbocycles. The highest BCUT2D eigenvalue weighted by atomic mass is 19.1. The Morgan fingerprint density at radius 2 is 1.97 bits per heavy atom. The Morgan fingerprint density at radius 1 is 1.17 bits per heavy atom. The molecule has 3 aliphatic rings. The standard InChI is InChI=1S/C27H31FN4O3/c1-4-34-14-13-31-9-11-32(12-10-31)24-15-18(7-8-29-24)21-17-23(35-27(21,2)3)25-20-6-5-19(28)16-22(20)30-26(25)33/h5-8,15-17H,4,9-14H2,1-3H3,(H,30,33)/b25-23+. The summed E-state index contributed by atoms with van der Waals surface area (Å²) in [7, 11) is 0. The van der Waals surface area contributed by atoms with Gasteiger partial charge in [-0.25, -0.2) is 9.37 Å². The highest BCUT2D eigenvalue weighted by Crippen LogP contribution is 2.44. The first-order chi connectivity index (χ1) is 16.9. The van der Waals surface area contributed by atoms with Gasteiger partial charge < -0.3 is 19.7 Å². The second-order valence-corrected chi connectivity index (χ2v) is 9.48. The number of ether oxygens (including phenoxy) is 2. The van der Waals surface area contributed by atoms with E-state index >= 15 is 0 Å². The van der Waals surface area contributed by atoms with Gasteiger partial charge in [-0.15, -0.1) is 0 Å². The Hall–Kier alpha value is -3.23. The zero-order valence-electron chi connectivity index (χ0n) is 20.4. The Balaban J connectivity index is 1.39. The molecule has 35 heavy (non-hydrogen) atoms. The van der Waals surface area contributed by atoms with Gasteiger partial charge in [0.25, 0.3) is 5.91 Å². The number of carbonyl (C=O) groups is 1. The van der Waals surface area contributed by atoms with Crippen molar-refractivity contribution in [2.24, 2.45) is 0 Å². The summed E-state index contributed by atoms with van der Waals surface area (Å²) in [6, 6.07) is 8.38. The minimum atomic E-state index is -0.637. The molecular weight excluding hydrogens is 447 g/mol. The van der Waals surface area contributed by atoms with Crippen molar-refractivity contribution in [2.75, 3.05) is 56.2 Å². The molecule has 1 N–H and O–H groups in total. The number of amides is 1. The molecule has 1 fully saturated rings. The number of anilines is 2. The van der Waals surface area contributed by atoms with Crippen molar-refractivity contribution in [1.29, 1.82) is 0 Å². The lowest BCUT2D eigenvalue weighted by Crippen LogP contribution is -2.47. The van der Waals surface area contributed by atoms with E-state index in [2.05, 4.69) is 26.2 Å². The van der Waals surface area contributed by atoms with E-state index in [-0.39, 0.29) is 5.91 Å². The number of nitrogens with zero attached hydrogens (tertiary/aromatic N) is 3. The number of pyridine rings is 1. The van der Waals surface area contributed by atoms with Crippen LogP contribution in [0.3, 0.4) is 0 Å². The zero-order valence-corrected chi connectivity index (χ0v) is 20.4. The topological polar surface area (TPSA) is 66.9 Å². The van der Waals surface area contributed by atoms with Crippen molar-refractivity contribution in [1.82, 2.24) is 9.88 Å². The Kier molecular flexibility index (Phi) is 6.34. The molecule has 0 unspecified atom stereocenters. The predicted molar refractivity (Wildman–Crippen MR) is 134 cm³/mol. The molecule has 3 aliphatic heterocycles. The number of carbonyl (C=O) groups excluding carboxylic acids is 1. The van der Waals surface area contributed by atoms with Crippen LogP contribution in [0, 0.1) is 5.82 Å². The first-order valence-corrected chi connectivity index (χ1v) is 12.1. The normalized spacial score (nSPS) is 21.5. The van der Waals surface area contributed by atoms with Crippen LogP contribution >= 0.6 is 0 Å². The molecule has 0 saturated carbocycles. The van der Waals surface area contributed by atoms with Crippen molar-refractivity contribution >= 4 is 28.6 Å². The maximum absolute atomic E-state index is 13.7. The lowest BCUT2D eigenvalue weighted by molar-refractivity contribution is -0.111. The van der Waals surface area contributed by atoms with Crippen LogP contribution in [0.4, 0.5) is 15.9 Å². The van der Waals surface area contributed by atoms with E-state index in [1.54, 1.807) is 6.07 Å². The number of nitrogens with one attached hydrogen (secondary N) is 1. The van der Waals surface area contributed by atoms with Crippen molar-refractivity contribution in [3.05, 3.63) is 65.3 Å². The van der Waals surface area contributed by atoms with Gasteiger partial charge in [0.1, 0.15) is 23.0 Å². The Morgan fingerprint density at radius 3 is 2.74 bits per heavy atom. The van der Waals surface area contributed by atoms with E-state index in [1.165, 1.54) is 12.1 Å². The molecule has 2 aromatic rings. The number of benzene rings is 1. The molecule has 5 rings (SSSR count). The minimum absolute atomic E-state index is 0.286. The van der Waals surface area contributed by atoms with Crippen molar-refractivity contribution in [3.63, 3.8) is 0 Å². The number of halogens is 1. The fraction of sp³-hybridized carbons (Fsp3) is 0.407. The van der Waals surface area contributed by atoms with Crippen LogP contribution < -0.4 is 10.2 Å².